The van der Waals surface area contributed by atoms with Gasteiger partial charge in [-0.05, 0) is 24.6 Å². The largest absolute Gasteiger partial charge is 0.370 e. The summed E-state index contributed by atoms with van der Waals surface area (Å²) < 4.78 is 0. The second-order valence-corrected chi connectivity index (χ2v) is 3.76. The van der Waals surface area contributed by atoms with Gasteiger partial charge in [-0.15, -0.1) is 29.9 Å². The van der Waals surface area contributed by atoms with E-state index < -0.39 is 0 Å². The Labute approximate surface area is 140 Å². The quantitative estimate of drug-likeness (QED) is 0.286. The zero-order valence-corrected chi connectivity index (χ0v) is 13.4. The zero-order valence-electron chi connectivity index (χ0n) is 11.8. The number of hydrogen-bond donors (Lipinski definition) is 5. The van der Waals surface area contributed by atoms with Gasteiger partial charge >= 0.3 is 0 Å². The molecule has 0 aliphatic heterocycles. The number of rotatable bonds is 3. The summed E-state index contributed by atoms with van der Waals surface area (Å²) in [4.78, 5) is 7.62. The van der Waals surface area contributed by atoms with Crippen LogP contribution in [-0.4, -0.2) is 23.6 Å². The lowest BCUT2D eigenvalue weighted by Gasteiger charge is -2.00. The molecule has 1 aromatic rings. The number of halogens is 2. The van der Waals surface area contributed by atoms with Gasteiger partial charge in [-0.25, -0.2) is 4.99 Å². The molecule has 0 radical (unpaired) electrons. The van der Waals surface area contributed by atoms with Crippen LogP contribution in [0.3, 0.4) is 0 Å². The molecule has 0 aliphatic rings. The molecule has 1 rings (SSSR count). The van der Waals surface area contributed by atoms with Crippen molar-refractivity contribution in [3.63, 3.8) is 0 Å². The Morgan fingerprint density at radius 1 is 0.818 bits per heavy atom. The van der Waals surface area contributed by atoms with E-state index in [0.29, 0.717) is 11.4 Å². The van der Waals surface area contributed by atoms with Gasteiger partial charge in [0.25, 0.3) is 0 Å². The Bertz CT molecular complexity index is 582. The molecule has 0 bridgehead atoms. The smallest absolute Gasteiger partial charge is 0.223 e. The lowest BCUT2D eigenvalue weighted by atomic mass is 10.1. The van der Waals surface area contributed by atoms with Gasteiger partial charge in [0.05, 0.1) is 11.4 Å². The molecule has 0 atom stereocenters. The highest BCUT2D eigenvalue weighted by molar-refractivity contribution is 5.99. The van der Waals surface area contributed by atoms with E-state index in [-0.39, 0.29) is 42.7 Å². The summed E-state index contributed by atoms with van der Waals surface area (Å²) >= 11 is 0. The lowest BCUT2D eigenvalue weighted by Crippen LogP contribution is -2.26. The highest BCUT2D eigenvalue weighted by atomic mass is 35.5. The van der Waals surface area contributed by atoms with Crippen LogP contribution in [0.15, 0.2) is 44.5 Å². The van der Waals surface area contributed by atoms with Crippen LogP contribution in [0.25, 0.3) is 0 Å². The molecular weight excluding hydrogens is 329 g/mol. The molecule has 0 saturated heterocycles. The first kappa shape index (κ1) is 21.8. The number of guanidine groups is 3. The Morgan fingerprint density at radius 3 is 1.82 bits per heavy atom. The van der Waals surface area contributed by atoms with E-state index in [1.54, 1.807) is 31.2 Å². The molecule has 0 unspecified atom stereocenters. The fraction of sp³-hybridized carbons (Fsp3) is 0.0909. The fourth-order valence-corrected chi connectivity index (χ4v) is 1.26. The summed E-state index contributed by atoms with van der Waals surface area (Å²) in [5, 5.41) is 7.43. The molecule has 0 amide bonds. The summed E-state index contributed by atoms with van der Waals surface area (Å²) in [5.41, 5.74) is 28.4. The van der Waals surface area contributed by atoms with Gasteiger partial charge < -0.3 is 28.7 Å². The summed E-state index contributed by atoms with van der Waals surface area (Å²) in [6, 6.07) is 7.06. The summed E-state index contributed by atoms with van der Waals surface area (Å²) in [5.74, 6) is -0.276. The van der Waals surface area contributed by atoms with E-state index in [1.165, 1.54) is 0 Å². The molecule has 22 heavy (non-hydrogen) atoms. The van der Waals surface area contributed by atoms with Crippen LogP contribution in [0.2, 0.25) is 0 Å². The minimum absolute atomic E-state index is 0. The molecule has 0 saturated carbocycles. The van der Waals surface area contributed by atoms with Crippen molar-refractivity contribution in [3.05, 3.63) is 29.8 Å². The van der Waals surface area contributed by atoms with Crippen LogP contribution < -0.4 is 28.7 Å². The van der Waals surface area contributed by atoms with Crippen molar-refractivity contribution in [3.8, 4) is 0 Å². The zero-order chi connectivity index (χ0) is 15.1. The standard InChI is InChI=1S/C11H17N9.2ClH/c1-6(19-20-10(14)15)7-2-4-8(5-3-7)17-11(16)18-9(12)13;;/h2-5H,1H3,(H4,14,15,20)(H6,12,13,16,17,18);2*1H/b19-6+;;. The second-order valence-electron chi connectivity index (χ2n) is 3.76. The molecule has 0 spiro atoms. The first-order valence-corrected chi connectivity index (χ1v) is 5.56. The van der Waals surface area contributed by atoms with E-state index in [4.69, 9.17) is 28.7 Å². The minimum Gasteiger partial charge on any atom is -0.370 e. The van der Waals surface area contributed by atoms with Gasteiger partial charge in [-0.2, -0.15) is 10.1 Å². The second kappa shape index (κ2) is 10.2. The molecule has 0 aromatic heterocycles. The number of hydrogen-bond acceptors (Lipinski definition) is 3. The third kappa shape index (κ3) is 7.92. The number of benzene rings is 1. The highest BCUT2D eigenvalue weighted by Crippen LogP contribution is 2.13. The summed E-state index contributed by atoms with van der Waals surface area (Å²) in [7, 11) is 0. The average molecular weight is 348 g/mol. The van der Waals surface area contributed by atoms with E-state index in [1.807, 2.05) is 0 Å². The van der Waals surface area contributed by atoms with Gasteiger partial charge in [0.2, 0.25) is 11.9 Å². The first-order valence-electron chi connectivity index (χ1n) is 5.56. The third-order valence-corrected chi connectivity index (χ3v) is 2.09. The number of nitrogens with two attached hydrogens (primary N) is 5. The van der Waals surface area contributed by atoms with Gasteiger partial charge in [-0.3, -0.25) is 0 Å². The monoisotopic (exact) mass is 347 g/mol. The Morgan fingerprint density at radius 2 is 1.36 bits per heavy atom. The molecule has 122 valence electrons. The van der Waals surface area contributed by atoms with E-state index in [0.717, 1.165) is 5.56 Å². The SMILES string of the molecule is C/C(=N\N=C(N)N)c1ccc(N=C(N)N=C(N)N)cc1.Cl.Cl. The molecule has 0 heterocycles. The van der Waals surface area contributed by atoms with Crippen LogP contribution in [0.1, 0.15) is 12.5 Å². The van der Waals surface area contributed by atoms with Crippen LogP contribution in [0.4, 0.5) is 5.69 Å². The summed E-state index contributed by atoms with van der Waals surface area (Å²) in [6.45, 7) is 1.78. The van der Waals surface area contributed by atoms with Crippen molar-refractivity contribution in [2.75, 3.05) is 0 Å². The lowest BCUT2D eigenvalue weighted by molar-refractivity contribution is 1.19. The Hall–Kier alpha value is -2.52. The van der Waals surface area contributed by atoms with Gasteiger partial charge in [0.15, 0.2) is 5.96 Å². The molecular formula is C11H19Cl2N9. The van der Waals surface area contributed by atoms with Gasteiger partial charge in [0, 0.05) is 0 Å². The van der Waals surface area contributed by atoms with Crippen molar-refractivity contribution >= 4 is 54.1 Å². The summed E-state index contributed by atoms with van der Waals surface area (Å²) in [6.07, 6.45) is 0. The van der Waals surface area contributed by atoms with Crippen LogP contribution in [0.5, 0.6) is 0 Å². The van der Waals surface area contributed by atoms with Crippen molar-refractivity contribution in [1.82, 2.24) is 0 Å². The third-order valence-electron chi connectivity index (χ3n) is 2.09. The Balaban J connectivity index is 0. The highest BCUT2D eigenvalue weighted by Gasteiger charge is 1.98. The normalized spacial score (nSPS) is 10.8. The fourth-order valence-electron chi connectivity index (χ4n) is 1.26. The molecule has 1 aromatic carbocycles. The molecule has 10 N–H and O–H groups in total. The van der Waals surface area contributed by atoms with E-state index >= 15 is 0 Å². The maximum atomic E-state index is 5.52. The average Bonchev–Trinajstić information content (AvgIpc) is 2.35. The van der Waals surface area contributed by atoms with Crippen molar-refractivity contribution in [2.45, 2.75) is 6.92 Å². The van der Waals surface area contributed by atoms with Gasteiger partial charge in [0.1, 0.15) is 0 Å². The maximum Gasteiger partial charge on any atom is 0.223 e. The number of nitrogens with zero attached hydrogens (tertiary/aromatic N) is 4. The van der Waals surface area contributed by atoms with Crippen molar-refractivity contribution in [2.24, 2.45) is 48.9 Å². The van der Waals surface area contributed by atoms with Crippen molar-refractivity contribution in [1.29, 1.82) is 0 Å². The van der Waals surface area contributed by atoms with Gasteiger partial charge in [-0.1, -0.05) is 12.1 Å². The first-order chi connectivity index (χ1) is 9.38. The van der Waals surface area contributed by atoms with E-state index in [9.17, 15) is 0 Å². The minimum atomic E-state index is -0.150. The maximum absolute atomic E-state index is 5.52. The predicted molar refractivity (Wildman–Crippen MR) is 96.1 cm³/mol. The van der Waals surface area contributed by atoms with Crippen LogP contribution >= 0.6 is 24.8 Å². The molecule has 9 nitrogen and oxygen atoms in total. The van der Waals surface area contributed by atoms with E-state index in [2.05, 4.69) is 20.2 Å². The van der Waals surface area contributed by atoms with Crippen LogP contribution in [-0.2, 0) is 0 Å². The van der Waals surface area contributed by atoms with Crippen LogP contribution in [0, 0.1) is 0 Å². The van der Waals surface area contributed by atoms with Crippen molar-refractivity contribution < 1.29 is 0 Å². The molecule has 0 fully saturated rings. The molecule has 0 aliphatic carbocycles. The molecule has 11 heteroatoms. The number of aliphatic imine (C=N–C) groups is 2. The Kier molecular flexibility index (Phi) is 10.1. The predicted octanol–water partition coefficient (Wildman–Crippen LogP) is -0.253. The topological polar surface area (TPSA) is 180 Å².